The first-order valence-electron chi connectivity index (χ1n) is 4.35. The topological polar surface area (TPSA) is 26.0 Å². The molecular weight excluding hydrogens is 189 g/mol. The van der Waals surface area contributed by atoms with Crippen molar-refractivity contribution in [2.24, 2.45) is 5.73 Å². The third-order valence-electron chi connectivity index (χ3n) is 1.96. The second-order valence-electron chi connectivity index (χ2n) is 3.06. The molecule has 0 heterocycles. The molecule has 0 unspecified atom stereocenters. The Morgan fingerprint density at radius 3 is 2.77 bits per heavy atom. The minimum atomic E-state index is -0.312. The number of nitrogens with two attached hydrogens (primary N) is 1. The third-order valence-corrected chi connectivity index (χ3v) is 2.20. The summed E-state index contributed by atoms with van der Waals surface area (Å²) in [6.07, 6.45) is 1.74. The van der Waals surface area contributed by atoms with Gasteiger partial charge in [0.15, 0.2) is 0 Å². The van der Waals surface area contributed by atoms with Gasteiger partial charge in [-0.1, -0.05) is 31.0 Å². The van der Waals surface area contributed by atoms with E-state index in [4.69, 9.17) is 17.3 Å². The van der Waals surface area contributed by atoms with Crippen LogP contribution in [-0.4, -0.2) is 0 Å². The summed E-state index contributed by atoms with van der Waals surface area (Å²) < 4.78 is 13.3. The van der Waals surface area contributed by atoms with Gasteiger partial charge in [-0.15, -0.1) is 0 Å². The van der Waals surface area contributed by atoms with Gasteiger partial charge in [-0.3, -0.25) is 0 Å². The van der Waals surface area contributed by atoms with Crippen molar-refractivity contribution in [1.29, 1.82) is 0 Å². The smallest absolute Gasteiger partial charge is 0.129 e. The highest BCUT2D eigenvalue weighted by atomic mass is 35.5. The molecule has 0 amide bonds. The number of rotatable bonds is 3. The van der Waals surface area contributed by atoms with E-state index in [2.05, 4.69) is 0 Å². The molecule has 1 aromatic carbocycles. The first-order valence-corrected chi connectivity index (χ1v) is 4.73. The van der Waals surface area contributed by atoms with Crippen LogP contribution in [0.1, 0.15) is 31.4 Å². The molecule has 1 aromatic rings. The lowest BCUT2D eigenvalue weighted by Gasteiger charge is -2.11. The van der Waals surface area contributed by atoms with E-state index in [1.54, 1.807) is 12.1 Å². The summed E-state index contributed by atoms with van der Waals surface area (Å²) in [5.41, 5.74) is 6.32. The lowest BCUT2D eigenvalue weighted by molar-refractivity contribution is 0.560. The van der Waals surface area contributed by atoms with Crippen molar-refractivity contribution in [3.63, 3.8) is 0 Å². The molecule has 0 aliphatic heterocycles. The maximum Gasteiger partial charge on any atom is 0.129 e. The van der Waals surface area contributed by atoms with E-state index in [1.165, 1.54) is 6.07 Å². The summed E-state index contributed by atoms with van der Waals surface area (Å²) in [5.74, 6) is -0.312. The van der Waals surface area contributed by atoms with E-state index < -0.39 is 0 Å². The van der Waals surface area contributed by atoms with E-state index >= 15 is 0 Å². The molecule has 0 aromatic heterocycles. The molecule has 0 saturated carbocycles. The number of benzene rings is 1. The number of halogens is 2. The Bertz CT molecular complexity index is 288. The van der Waals surface area contributed by atoms with E-state index in [9.17, 15) is 4.39 Å². The van der Waals surface area contributed by atoms with Crippen LogP contribution in [0.4, 0.5) is 4.39 Å². The molecule has 1 rings (SSSR count). The summed E-state index contributed by atoms with van der Waals surface area (Å²) in [6, 6.07) is 4.39. The van der Waals surface area contributed by atoms with Crippen molar-refractivity contribution < 1.29 is 4.39 Å². The molecule has 0 saturated heterocycles. The summed E-state index contributed by atoms with van der Waals surface area (Å²) >= 11 is 5.62. The number of hydrogen-bond acceptors (Lipinski definition) is 1. The summed E-state index contributed by atoms with van der Waals surface area (Å²) in [5, 5.41) is 0.407. The summed E-state index contributed by atoms with van der Waals surface area (Å²) in [6.45, 7) is 2.02. The molecule has 1 nitrogen and oxygen atoms in total. The molecule has 13 heavy (non-hydrogen) atoms. The van der Waals surface area contributed by atoms with Crippen LogP contribution in [0.15, 0.2) is 18.2 Å². The predicted octanol–water partition coefficient (Wildman–Crippen LogP) is 3.28. The third kappa shape index (κ3) is 2.68. The normalized spacial score (nSPS) is 12.9. The molecule has 3 heteroatoms. The van der Waals surface area contributed by atoms with E-state index in [-0.39, 0.29) is 11.9 Å². The largest absolute Gasteiger partial charge is 0.324 e. The zero-order valence-electron chi connectivity index (χ0n) is 7.56. The van der Waals surface area contributed by atoms with Crippen LogP contribution < -0.4 is 5.73 Å². The van der Waals surface area contributed by atoms with Crippen molar-refractivity contribution in [2.75, 3.05) is 0 Å². The zero-order chi connectivity index (χ0) is 9.84. The Hall–Kier alpha value is -0.600. The van der Waals surface area contributed by atoms with Crippen molar-refractivity contribution >= 4 is 11.6 Å². The van der Waals surface area contributed by atoms with Crippen LogP contribution in [0.5, 0.6) is 0 Å². The SMILES string of the molecule is CCC[C@H](N)c1ccc(Cl)cc1F. The highest BCUT2D eigenvalue weighted by molar-refractivity contribution is 6.30. The molecular formula is C10H13ClFN. The van der Waals surface area contributed by atoms with Crippen molar-refractivity contribution in [1.82, 2.24) is 0 Å². The fourth-order valence-corrected chi connectivity index (χ4v) is 1.43. The first-order chi connectivity index (χ1) is 6.15. The maximum absolute atomic E-state index is 13.3. The zero-order valence-corrected chi connectivity index (χ0v) is 8.31. The number of hydrogen-bond donors (Lipinski definition) is 1. The molecule has 0 radical (unpaired) electrons. The van der Waals surface area contributed by atoms with Gasteiger partial charge in [0, 0.05) is 16.6 Å². The summed E-state index contributed by atoms with van der Waals surface area (Å²) in [4.78, 5) is 0. The van der Waals surface area contributed by atoms with Crippen molar-refractivity contribution in [3.8, 4) is 0 Å². The fraction of sp³-hybridized carbons (Fsp3) is 0.400. The van der Waals surface area contributed by atoms with Crippen LogP contribution in [0.3, 0.4) is 0 Å². The van der Waals surface area contributed by atoms with Gasteiger partial charge in [0.05, 0.1) is 0 Å². The average molecular weight is 202 g/mol. The molecule has 0 aliphatic carbocycles. The Kier molecular flexibility index (Phi) is 3.70. The van der Waals surface area contributed by atoms with Crippen LogP contribution in [0.25, 0.3) is 0 Å². The Morgan fingerprint density at radius 2 is 2.23 bits per heavy atom. The van der Waals surface area contributed by atoms with Gasteiger partial charge in [0.25, 0.3) is 0 Å². The van der Waals surface area contributed by atoms with Gasteiger partial charge >= 0.3 is 0 Å². The van der Waals surface area contributed by atoms with Crippen LogP contribution >= 0.6 is 11.6 Å². The Balaban J connectivity index is 2.88. The predicted molar refractivity (Wildman–Crippen MR) is 53.2 cm³/mol. The fourth-order valence-electron chi connectivity index (χ4n) is 1.27. The van der Waals surface area contributed by atoms with Gasteiger partial charge in [0.2, 0.25) is 0 Å². The van der Waals surface area contributed by atoms with Gasteiger partial charge < -0.3 is 5.73 Å². The van der Waals surface area contributed by atoms with Gasteiger partial charge in [-0.05, 0) is 18.6 Å². The van der Waals surface area contributed by atoms with E-state index in [1.807, 2.05) is 6.92 Å². The van der Waals surface area contributed by atoms with Crippen LogP contribution in [-0.2, 0) is 0 Å². The molecule has 0 bridgehead atoms. The Morgan fingerprint density at radius 1 is 1.54 bits per heavy atom. The monoisotopic (exact) mass is 201 g/mol. The molecule has 1 atom stereocenters. The first kappa shape index (κ1) is 10.5. The molecule has 0 spiro atoms. The van der Waals surface area contributed by atoms with E-state index in [0.717, 1.165) is 12.8 Å². The standard InChI is InChI=1S/C10H13ClFN/c1-2-3-10(13)8-5-4-7(11)6-9(8)12/h4-6,10H,2-3,13H2,1H3/t10-/m0/s1. The second-order valence-corrected chi connectivity index (χ2v) is 3.50. The van der Waals surface area contributed by atoms with Gasteiger partial charge in [-0.2, -0.15) is 0 Å². The van der Waals surface area contributed by atoms with E-state index in [0.29, 0.717) is 10.6 Å². The van der Waals surface area contributed by atoms with Crippen molar-refractivity contribution in [2.45, 2.75) is 25.8 Å². The van der Waals surface area contributed by atoms with Gasteiger partial charge in [0.1, 0.15) is 5.82 Å². The quantitative estimate of drug-likeness (QED) is 0.798. The molecule has 2 N–H and O–H groups in total. The van der Waals surface area contributed by atoms with Crippen LogP contribution in [0.2, 0.25) is 5.02 Å². The average Bonchev–Trinajstić information content (AvgIpc) is 2.04. The molecule has 0 aliphatic rings. The minimum absolute atomic E-state index is 0.220. The highest BCUT2D eigenvalue weighted by Gasteiger charge is 2.10. The molecule has 0 fully saturated rings. The maximum atomic E-state index is 13.3. The highest BCUT2D eigenvalue weighted by Crippen LogP contribution is 2.21. The lowest BCUT2D eigenvalue weighted by atomic mass is 10.0. The van der Waals surface area contributed by atoms with Crippen molar-refractivity contribution in [3.05, 3.63) is 34.6 Å². The minimum Gasteiger partial charge on any atom is -0.324 e. The van der Waals surface area contributed by atoms with Gasteiger partial charge in [-0.25, -0.2) is 4.39 Å². The summed E-state index contributed by atoms with van der Waals surface area (Å²) in [7, 11) is 0. The Labute approximate surface area is 82.7 Å². The second kappa shape index (κ2) is 4.58. The molecule has 72 valence electrons. The lowest BCUT2D eigenvalue weighted by Crippen LogP contribution is -2.11. The van der Waals surface area contributed by atoms with Crippen LogP contribution in [0, 0.1) is 5.82 Å².